The van der Waals surface area contributed by atoms with E-state index >= 15 is 4.39 Å². The number of carboxylic acid groups (broad SMARTS) is 1. The number of fused-ring (bicyclic) bond motifs is 1. The van der Waals surface area contributed by atoms with Crippen LogP contribution in [0.25, 0.3) is 10.9 Å². The highest BCUT2D eigenvalue weighted by atomic mass is 35.5. The molecule has 3 aliphatic rings. The number of amides is 2. The highest BCUT2D eigenvalue weighted by molar-refractivity contribution is 6.34. The number of hydrogen-bond acceptors (Lipinski definition) is 6. The number of morpholine rings is 1. The summed E-state index contributed by atoms with van der Waals surface area (Å²) in [5.74, 6) is -2.35. The molecule has 1 saturated carbocycles. The number of ether oxygens (including phenoxy) is 2. The Labute approximate surface area is 285 Å². The van der Waals surface area contributed by atoms with Gasteiger partial charge >= 0.3 is 5.97 Å². The van der Waals surface area contributed by atoms with E-state index in [-0.39, 0.29) is 64.9 Å². The van der Waals surface area contributed by atoms with Crippen molar-refractivity contribution in [1.82, 2.24) is 14.4 Å². The van der Waals surface area contributed by atoms with Crippen molar-refractivity contribution in [1.29, 1.82) is 0 Å². The summed E-state index contributed by atoms with van der Waals surface area (Å²) in [7, 11) is 1.85. The van der Waals surface area contributed by atoms with Crippen molar-refractivity contribution in [3.63, 3.8) is 0 Å². The van der Waals surface area contributed by atoms with E-state index in [1.54, 1.807) is 6.20 Å². The minimum atomic E-state index is -0.759. The summed E-state index contributed by atoms with van der Waals surface area (Å²) >= 11 is 6.56. The molecule has 1 aliphatic carbocycles. The summed E-state index contributed by atoms with van der Waals surface area (Å²) in [6.07, 6.45) is 4.87. The number of aromatic nitrogens is 1. The summed E-state index contributed by atoms with van der Waals surface area (Å²) in [5, 5.41) is 13.0. The number of carbonyl (C=O) groups is 3. The Bertz CT molecular complexity index is 1660. The summed E-state index contributed by atoms with van der Waals surface area (Å²) in [5.41, 5.74) is 1.62. The van der Waals surface area contributed by atoms with Gasteiger partial charge in [-0.3, -0.25) is 19.3 Å². The van der Waals surface area contributed by atoms with Crippen molar-refractivity contribution < 1.29 is 33.4 Å². The molecular formula is C36H44ClFN4O6. The molecule has 10 nitrogen and oxygen atoms in total. The second-order valence-corrected chi connectivity index (χ2v) is 14.1. The number of likely N-dealkylation sites (tertiary alicyclic amines) is 1. The van der Waals surface area contributed by atoms with E-state index in [1.165, 1.54) is 12.1 Å². The van der Waals surface area contributed by atoms with Gasteiger partial charge in [0, 0.05) is 49.8 Å². The van der Waals surface area contributed by atoms with E-state index in [0.717, 1.165) is 30.4 Å². The number of aliphatic carboxylic acids is 1. The van der Waals surface area contributed by atoms with Crippen LogP contribution < -0.4 is 5.32 Å². The third kappa shape index (κ3) is 7.54. The lowest BCUT2D eigenvalue weighted by atomic mass is 9.87. The van der Waals surface area contributed by atoms with Crippen LogP contribution in [0.2, 0.25) is 5.02 Å². The van der Waals surface area contributed by atoms with Crippen molar-refractivity contribution in [3.05, 3.63) is 64.6 Å². The predicted molar refractivity (Wildman–Crippen MR) is 181 cm³/mol. The van der Waals surface area contributed by atoms with E-state index in [4.69, 9.17) is 21.1 Å². The Hall–Kier alpha value is -3.51. The zero-order valence-corrected chi connectivity index (χ0v) is 28.4. The van der Waals surface area contributed by atoms with Crippen LogP contribution in [0.1, 0.15) is 61.9 Å². The van der Waals surface area contributed by atoms with Crippen molar-refractivity contribution >= 4 is 46.0 Å². The third-order valence-electron chi connectivity index (χ3n) is 10.1. The molecule has 3 aromatic rings. The largest absolute Gasteiger partial charge is 0.481 e. The highest BCUT2D eigenvalue weighted by Gasteiger charge is 2.41. The predicted octanol–water partition coefficient (Wildman–Crippen LogP) is 5.50. The number of benzene rings is 2. The average Bonchev–Trinajstić information content (AvgIpc) is 3.64. The molecule has 0 spiro atoms. The van der Waals surface area contributed by atoms with Gasteiger partial charge in [0.05, 0.1) is 59.6 Å². The molecule has 3 fully saturated rings. The molecule has 4 atom stereocenters. The number of nitrogens with one attached hydrogen (secondary N) is 1. The zero-order valence-electron chi connectivity index (χ0n) is 27.7. The fourth-order valence-electron chi connectivity index (χ4n) is 7.66. The number of nitrogens with zero attached hydrogens (tertiary/aromatic N) is 3. The molecule has 2 amide bonds. The van der Waals surface area contributed by atoms with E-state index in [1.807, 2.05) is 40.8 Å². The van der Waals surface area contributed by atoms with Crippen LogP contribution in [0.5, 0.6) is 0 Å². The van der Waals surface area contributed by atoms with Crippen LogP contribution in [-0.4, -0.2) is 93.9 Å². The molecule has 2 aliphatic heterocycles. The molecule has 2 saturated heterocycles. The number of carbonyl (C=O) groups excluding carboxylic acids is 2. The van der Waals surface area contributed by atoms with E-state index in [0.29, 0.717) is 44.4 Å². The molecule has 0 bridgehead atoms. The first kappa shape index (κ1) is 34.4. The summed E-state index contributed by atoms with van der Waals surface area (Å²) < 4.78 is 29.6. The van der Waals surface area contributed by atoms with E-state index < -0.39 is 17.7 Å². The number of carboxylic acids is 1. The maximum absolute atomic E-state index is 15.5. The number of aryl methyl sites for hydroxylation is 1. The van der Waals surface area contributed by atoms with Gasteiger partial charge in [-0.1, -0.05) is 29.8 Å². The van der Waals surface area contributed by atoms with Gasteiger partial charge < -0.3 is 29.4 Å². The first-order valence-corrected chi connectivity index (χ1v) is 17.2. The lowest BCUT2D eigenvalue weighted by Gasteiger charge is -2.38. The normalized spacial score (nSPS) is 26.6. The van der Waals surface area contributed by atoms with Gasteiger partial charge in [0.1, 0.15) is 5.82 Å². The van der Waals surface area contributed by atoms with Crippen molar-refractivity contribution in [2.45, 2.75) is 82.8 Å². The zero-order chi connectivity index (χ0) is 34.1. The number of halogens is 2. The smallest absolute Gasteiger partial charge is 0.306 e. The van der Waals surface area contributed by atoms with Gasteiger partial charge in [-0.25, -0.2) is 4.39 Å². The fourth-order valence-corrected chi connectivity index (χ4v) is 7.89. The van der Waals surface area contributed by atoms with Crippen LogP contribution in [0.15, 0.2) is 42.6 Å². The topological polar surface area (TPSA) is 113 Å². The Kier molecular flexibility index (Phi) is 10.4. The highest BCUT2D eigenvalue weighted by Crippen LogP contribution is 2.32. The average molecular weight is 683 g/mol. The number of hydrogen-bond donors (Lipinski definition) is 2. The Balaban J connectivity index is 1.14. The van der Waals surface area contributed by atoms with Gasteiger partial charge in [0.2, 0.25) is 5.91 Å². The molecule has 12 heteroatoms. The molecule has 258 valence electrons. The number of para-hydroxylation sites is 1. The fraction of sp³-hybridized carbons (Fsp3) is 0.528. The quantitative estimate of drug-likeness (QED) is 0.306. The van der Waals surface area contributed by atoms with Gasteiger partial charge in [0.15, 0.2) is 0 Å². The van der Waals surface area contributed by atoms with Crippen LogP contribution in [0.3, 0.4) is 0 Å². The monoisotopic (exact) mass is 682 g/mol. The summed E-state index contributed by atoms with van der Waals surface area (Å²) in [6, 6.07) is 10.0. The van der Waals surface area contributed by atoms with Crippen LogP contribution in [-0.2, 0) is 32.5 Å². The molecule has 2 N–H and O–H groups in total. The number of anilines is 1. The second-order valence-electron chi connectivity index (χ2n) is 13.7. The van der Waals surface area contributed by atoms with Crippen molar-refractivity contribution in [2.75, 3.05) is 31.6 Å². The Morgan fingerprint density at radius 2 is 1.77 bits per heavy atom. The molecule has 2 aromatic carbocycles. The van der Waals surface area contributed by atoms with Crippen molar-refractivity contribution in [3.8, 4) is 0 Å². The van der Waals surface area contributed by atoms with Crippen LogP contribution in [0, 0.1) is 11.7 Å². The molecule has 0 radical (unpaired) electrons. The molecule has 3 heterocycles. The van der Waals surface area contributed by atoms with Crippen LogP contribution >= 0.6 is 11.6 Å². The lowest BCUT2D eigenvalue weighted by Crippen LogP contribution is -2.51. The summed E-state index contributed by atoms with van der Waals surface area (Å²) in [4.78, 5) is 42.6. The van der Waals surface area contributed by atoms with Gasteiger partial charge in [-0.05, 0) is 69.7 Å². The Morgan fingerprint density at radius 3 is 2.48 bits per heavy atom. The van der Waals surface area contributed by atoms with Crippen molar-refractivity contribution in [2.24, 2.45) is 13.0 Å². The lowest BCUT2D eigenvalue weighted by molar-refractivity contribution is -0.144. The van der Waals surface area contributed by atoms with Gasteiger partial charge in [-0.15, -0.1) is 0 Å². The minimum absolute atomic E-state index is 0.0482. The van der Waals surface area contributed by atoms with E-state index in [2.05, 4.69) is 24.1 Å². The number of rotatable bonds is 9. The van der Waals surface area contributed by atoms with Gasteiger partial charge in [0.25, 0.3) is 5.91 Å². The molecule has 1 aromatic heterocycles. The SMILES string of the molecule is C[C@@H]1CN([C@H]2C[C@@H](CO[C@H]3CC[C@H](C(=O)O)CC3)N(C(=O)Cc3cc(Cl)c(NC(=O)c4cn(C)c5ccccc45)cc3F)C2)C[C@H](C)O1. The van der Waals surface area contributed by atoms with Gasteiger partial charge in [-0.2, -0.15) is 0 Å². The van der Waals surface area contributed by atoms with Crippen LogP contribution in [0.4, 0.5) is 10.1 Å². The maximum atomic E-state index is 15.5. The molecule has 0 unspecified atom stereocenters. The Morgan fingerprint density at radius 1 is 1.06 bits per heavy atom. The molecule has 48 heavy (non-hydrogen) atoms. The van der Waals surface area contributed by atoms with E-state index in [9.17, 15) is 19.5 Å². The third-order valence-corrected chi connectivity index (χ3v) is 10.4. The second kappa shape index (κ2) is 14.5. The first-order valence-electron chi connectivity index (χ1n) is 16.8. The molecule has 6 rings (SSSR count). The minimum Gasteiger partial charge on any atom is -0.481 e. The maximum Gasteiger partial charge on any atom is 0.306 e. The summed E-state index contributed by atoms with van der Waals surface area (Å²) in [6.45, 7) is 6.46. The standard InChI is InChI=1S/C36H44ClFN4O6/c1-21-16-41(17-22(2)48-21)25-14-26(20-47-27-10-8-23(9-11-27)36(45)46)42(18-25)34(43)13-24-12-30(37)32(15-31(24)38)39-35(44)29-19-40(3)33-7-5-4-6-28(29)33/h4-7,12,15,19,21-23,25-27H,8-11,13-14,16-18,20H2,1-3H3,(H,39,44)(H,45,46)/t21-,22+,23-,25-,26-,27-/m0/s1. The molecular weight excluding hydrogens is 639 g/mol. The first-order chi connectivity index (χ1) is 23.0.